The Morgan fingerprint density at radius 2 is 1.47 bits per heavy atom. The van der Waals surface area contributed by atoms with Crippen LogP contribution in [-0.4, -0.2) is 26.4 Å². The number of esters is 1. The summed E-state index contributed by atoms with van der Waals surface area (Å²) in [7, 11) is 0. The molecule has 0 amide bonds. The number of aliphatic hydroxyl groups is 2. The number of allylic oxidation sites excluding steroid dienone is 2. The van der Waals surface area contributed by atoms with Gasteiger partial charge in [-0.1, -0.05) is 70.4 Å². The Balaban J connectivity index is 2.00. The lowest BCUT2D eigenvalue weighted by molar-refractivity contribution is -0.339. The number of unbranched alkanes of at least 4 members (excludes halogenated alkanes) is 11. The third-order valence-electron chi connectivity index (χ3n) is 4.94. The number of aromatic hydroxyl groups is 2. The molecule has 0 aliphatic carbocycles. The quantitative estimate of drug-likeness (QED) is 0.114. The highest BCUT2D eigenvalue weighted by Gasteiger charge is 2.39. The van der Waals surface area contributed by atoms with Crippen LogP contribution in [0, 0.1) is 0 Å². The standard InChI is InChI=1S/C23H38O7/c1-2-3-4-5-6-7-8-9-10-11-12-13-14-15-16-17-20(25)30-23(27,28)22-21(26)19(24)18-29-22/h9-10,18,24,26-28H,2-8,11-17H2,1H3/b10-9-. The summed E-state index contributed by atoms with van der Waals surface area (Å²) < 4.78 is 9.14. The molecule has 0 aliphatic heterocycles. The Morgan fingerprint density at radius 3 is 2.00 bits per heavy atom. The van der Waals surface area contributed by atoms with Crippen molar-refractivity contribution in [2.75, 3.05) is 0 Å². The Kier molecular flexibility index (Phi) is 12.9. The maximum atomic E-state index is 11.7. The molecule has 0 atom stereocenters. The van der Waals surface area contributed by atoms with Crippen molar-refractivity contribution >= 4 is 5.97 Å². The van der Waals surface area contributed by atoms with Gasteiger partial charge in [0.2, 0.25) is 5.75 Å². The molecule has 0 aromatic carbocycles. The molecule has 0 bridgehead atoms. The zero-order valence-corrected chi connectivity index (χ0v) is 18.1. The van der Waals surface area contributed by atoms with Crippen molar-refractivity contribution in [1.82, 2.24) is 0 Å². The van der Waals surface area contributed by atoms with E-state index in [1.54, 1.807) is 0 Å². The van der Waals surface area contributed by atoms with Crippen LogP contribution in [0.4, 0.5) is 0 Å². The molecule has 0 saturated carbocycles. The summed E-state index contributed by atoms with van der Waals surface area (Å²) in [6.07, 6.45) is 20.1. The summed E-state index contributed by atoms with van der Waals surface area (Å²) in [6, 6.07) is 0. The van der Waals surface area contributed by atoms with Crippen LogP contribution in [0.5, 0.6) is 11.5 Å². The third kappa shape index (κ3) is 10.7. The van der Waals surface area contributed by atoms with Crippen molar-refractivity contribution in [2.45, 2.75) is 103 Å². The fourth-order valence-corrected chi connectivity index (χ4v) is 3.17. The van der Waals surface area contributed by atoms with E-state index in [0.29, 0.717) is 12.7 Å². The van der Waals surface area contributed by atoms with Gasteiger partial charge in [0.05, 0.1) is 0 Å². The second kappa shape index (κ2) is 14.9. The van der Waals surface area contributed by atoms with Crippen molar-refractivity contribution in [3.8, 4) is 11.5 Å². The number of hydrogen-bond donors (Lipinski definition) is 4. The molecule has 1 aromatic rings. The molecule has 30 heavy (non-hydrogen) atoms. The van der Waals surface area contributed by atoms with Crippen molar-refractivity contribution in [3.63, 3.8) is 0 Å². The monoisotopic (exact) mass is 426 g/mol. The highest BCUT2D eigenvalue weighted by Crippen LogP contribution is 2.37. The minimum absolute atomic E-state index is 0.0223. The van der Waals surface area contributed by atoms with Gasteiger partial charge in [0.1, 0.15) is 6.26 Å². The molecule has 1 aromatic heterocycles. The van der Waals surface area contributed by atoms with E-state index >= 15 is 0 Å². The molecule has 0 unspecified atom stereocenters. The van der Waals surface area contributed by atoms with Crippen molar-refractivity contribution in [1.29, 1.82) is 0 Å². The Bertz CT molecular complexity index is 619. The van der Waals surface area contributed by atoms with Crippen LogP contribution in [0.2, 0.25) is 0 Å². The van der Waals surface area contributed by atoms with E-state index in [4.69, 9.17) is 0 Å². The molecule has 1 heterocycles. The molecule has 0 spiro atoms. The lowest BCUT2D eigenvalue weighted by Crippen LogP contribution is -2.31. The summed E-state index contributed by atoms with van der Waals surface area (Å²) in [5.41, 5.74) is 0. The van der Waals surface area contributed by atoms with E-state index in [2.05, 4.69) is 28.2 Å². The number of furan rings is 1. The fraction of sp³-hybridized carbons (Fsp3) is 0.696. The lowest BCUT2D eigenvalue weighted by atomic mass is 10.1. The second-order valence-corrected chi connectivity index (χ2v) is 7.72. The first kappa shape index (κ1) is 26.0. The van der Waals surface area contributed by atoms with Gasteiger partial charge in [0, 0.05) is 6.42 Å². The van der Waals surface area contributed by atoms with E-state index in [1.165, 1.54) is 44.9 Å². The highest BCUT2D eigenvalue weighted by molar-refractivity contribution is 5.69. The van der Waals surface area contributed by atoms with E-state index in [1.807, 2.05) is 0 Å². The molecule has 7 heteroatoms. The molecule has 0 fully saturated rings. The van der Waals surface area contributed by atoms with Gasteiger partial charge in [-0.05, 0) is 32.1 Å². The average molecular weight is 427 g/mol. The van der Waals surface area contributed by atoms with E-state index < -0.39 is 29.2 Å². The number of ether oxygens (including phenoxy) is 1. The zero-order chi connectivity index (χ0) is 22.2. The lowest BCUT2D eigenvalue weighted by Gasteiger charge is -2.19. The van der Waals surface area contributed by atoms with E-state index in [-0.39, 0.29) is 6.42 Å². The molecule has 1 rings (SSSR count). The summed E-state index contributed by atoms with van der Waals surface area (Å²) in [5.74, 6) is -6.34. The molecule has 7 nitrogen and oxygen atoms in total. The molecule has 0 radical (unpaired) electrons. The first-order valence-corrected chi connectivity index (χ1v) is 11.2. The number of carbonyl (C=O) groups is 1. The van der Waals surface area contributed by atoms with Crippen LogP contribution < -0.4 is 0 Å². The predicted octanol–water partition coefficient (Wildman–Crippen LogP) is 5.37. The molecular formula is C23H38O7. The minimum Gasteiger partial charge on any atom is -0.502 e. The van der Waals surface area contributed by atoms with Crippen molar-refractivity contribution in [3.05, 3.63) is 24.2 Å². The van der Waals surface area contributed by atoms with Crippen LogP contribution in [0.1, 0.15) is 103 Å². The molecule has 4 N–H and O–H groups in total. The number of rotatable bonds is 17. The molecule has 172 valence electrons. The molecular weight excluding hydrogens is 388 g/mol. The van der Waals surface area contributed by atoms with Gasteiger partial charge in [0.15, 0.2) is 5.75 Å². The van der Waals surface area contributed by atoms with E-state index in [0.717, 1.165) is 32.1 Å². The van der Waals surface area contributed by atoms with Gasteiger partial charge >= 0.3 is 11.9 Å². The van der Waals surface area contributed by atoms with Crippen molar-refractivity contribution < 1.29 is 34.4 Å². The maximum Gasteiger partial charge on any atom is 0.391 e. The van der Waals surface area contributed by atoms with Crippen LogP contribution in [0.3, 0.4) is 0 Å². The Labute approximate surface area is 179 Å². The van der Waals surface area contributed by atoms with Gasteiger partial charge in [-0.25, -0.2) is 0 Å². The highest BCUT2D eigenvalue weighted by atomic mass is 16.8. The fourth-order valence-electron chi connectivity index (χ4n) is 3.17. The normalized spacial score (nSPS) is 12.0. The third-order valence-corrected chi connectivity index (χ3v) is 4.94. The summed E-state index contributed by atoms with van der Waals surface area (Å²) in [6.45, 7) is 2.23. The maximum absolute atomic E-state index is 11.7. The summed E-state index contributed by atoms with van der Waals surface area (Å²) in [5, 5.41) is 38.1. The van der Waals surface area contributed by atoms with Crippen LogP contribution >= 0.6 is 0 Å². The molecule has 0 saturated heterocycles. The topological polar surface area (TPSA) is 120 Å². The van der Waals surface area contributed by atoms with Crippen molar-refractivity contribution in [2.24, 2.45) is 0 Å². The smallest absolute Gasteiger partial charge is 0.391 e. The predicted molar refractivity (Wildman–Crippen MR) is 114 cm³/mol. The molecule has 0 aliphatic rings. The van der Waals surface area contributed by atoms with Gasteiger partial charge < -0.3 is 29.6 Å². The number of carbonyl (C=O) groups excluding carboxylic acids is 1. The average Bonchev–Trinajstić information content (AvgIpc) is 3.04. The van der Waals surface area contributed by atoms with Gasteiger partial charge in [-0.2, -0.15) is 0 Å². The SMILES string of the molecule is CCCCCCCC/C=C\CCCCCCCC(=O)OC(O)(O)c1occ(O)c1O. The second-order valence-electron chi connectivity index (χ2n) is 7.72. The largest absolute Gasteiger partial charge is 0.502 e. The minimum atomic E-state index is -3.12. The van der Waals surface area contributed by atoms with Gasteiger partial charge in [0.25, 0.3) is 5.76 Å². The first-order valence-electron chi connectivity index (χ1n) is 11.2. The van der Waals surface area contributed by atoms with Crippen LogP contribution in [0.25, 0.3) is 0 Å². The number of hydrogen-bond acceptors (Lipinski definition) is 7. The summed E-state index contributed by atoms with van der Waals surface area (Å²) >= 11 is 0. The summed E-state index contributed by atoms with van der Waals surface area (Å²) in [4.78, 5) is 11.7. The van der Waals surface area contributed by atoms with E-state index in [9.17, 15) is 25.2 Å². The first-order chi connectivity index (χ1) is 14.4. The Hall–Kier alpha value is -1.99. The van der Waals surface area contributed by atoms with Crippen LogP contribution in [0.15, 0.2) is 22.8 Å². The van der Waals surface area contributed by atoms with Gasteiger partial charge in [-0.15, -0.1) is 0 Å². The van der Waals surface area contributed by atoms with Gasteiger partial charge in [-0.3, -0.25) is 4.79 Å². The zero-order valence-electron chi connectivity index (χ0n) is 18.1. The van der Waals surface area contributed by atoms with Crippen LogP contribution in [-0.2, 0) is 15.5 Å². The Morgan fingerprint density at radius 1 is 0.933 bits per heavy atom.